The Labute approximate surface area is 131 Å². The third-order valence-electron chi connectivity index (χ3n) is 4.34. The van der Waals surface area contributed by atoms with Gasteiger partial charge < -0.3 is 0 Å². The van der Waals surface area contributed by atoms with E-state index >= 15 is 0 Å². The molecule has 5 rings (SSSR count). The van der Waals surface area contributed by atoms with Crippen molar-refractivity contribution in [3.05, 3.63) is 82.4 Å². The summed E-state index contributed by atoms with van der Waals surface area (Å²) >= 11 is 0. The molecule has 4 nitrogen and oxygen atoms in total. The Morgan fingerprint density at radius 2 is 1.57 bits per heavy atom. The van der Waals surface area contributed by atoms with E-state index < -0.39 is 0 Å². The number of ketones is 1. The Kier molecular flexibility index (Phi) is 2.21. The number of hydrogen-bond donors (Lipinski definition) is 0. The third kappa shape index (κ3) is 1.47. The Morgan fingerprint density at radius 1 is 0.826 bits per heavy atom. The maximum absolute atomic E-state index is 13.1. The van der Waals surface area contributed by atoms with Crippen LogP contribution >= 0.6 is 0 Å². The van der Waals surface area contributed by atoms with Crippen LogP contribution in [0, 0.1) is 0 Å². The second kappa shape index (κ2) is 4.14. The smallest absolute Gasteiger partial charge is 0.266 e. The highest BCUT2D eigenvalue weighted by Crippen LogP contribution is 2.33. The quantitative estimate of drug-likeness (QED) is 0.441. The SMILES string of the molecule is O=C1c2ccccc2-n2c1nc1cc3cccccc-3c1c2=O. The Morgan fingerprint density at radius 3 is 2.48 bits per heavy atom. The fraction of sp³-hybridized carbons (Fsp3) is 0. The molecule has 0 amide bonds. The van der Waals surface area contributed by atoms with Crippen molar-refractivity contribution in [3.63, 3.8) is 0 Å². The molecule has 1 aromatic heterocycles. The molecule has 0 unspecified atom stereocenters. The Balaban J connectivity index is 1.99. The zero-order valence-corrected chi connectivity index (χ0v) is 12.0. The summed E-state index contributed by atoms with van der Waals surface area (Å²) < 4.78 is 1.44. The first-order valence-corrected chi connectivity index (χ1v) is 7.34. The van der Waals surface area contributed by atoms with Crippen LogP contribution in [-0.4, -0.2) is 15.3 Å². The van der Waals surface area contributed by atoms with Crippen LogP contribution in [0.1, 0.15) is 16.2 Å². The largest absolute Gasteiger partial charge is 0.285 e. The van der Waals surface area contributed by atoms with Gasteiger partial charge in [0.2, 0.25) is 5.78 Å². The molecule has 2 aromatic rings. The minimum absolute atomic E-state index is 0.190. The summed E-state index contributed by atoms with van der Waals surface area (Å²) in [5.74, 6) is -0.00112. The summed E-state index contributed by atoms with van der Waals surface area (Å²) in [5, 5.41) is 0.560. The van der Waals surface area contributed by atoms with Gasteiger partial charge in [-0.05, 0) is 29.3 Å². The summed E-state index contributed by atoms with van der Waals surface area (Å²) in [6, 6.07) is 18.6. The monoisotopic (exact) mass is 298 g/mol. The number of carbonyl (C=O) groups is 1. The second-order valence-corrected chi connectivity index (χ2v) is 5.61. The van der Waals surface area contributed by atoms with Gasteiger partial charge in [-0.2, -0.15) is 0 Å². The normalized spacial score (nSPS) is 12.6. The van der Waals surface area contributed by atoms with E-state index in [1.165, 1.54) is 4.57 Å². The topological polar surface area (TPSA) is 52.0 Å². The number of para-hydroxylation sites is 1. The predicted octanol–water partition coefficient (Wildman–Crippen LogP) is 3.03. The molecule has 0 saturated heterocycles. The molecular formula is C19H10N2O2. The second-order valence-electron chi connectivity index (χ2n) is 5.61. The van der Waals surface area contributed by atoms with Crippen LogP contribution in [0.2, 0.25) is 0 Å². The van der Waals surface area contributed by atoms with Crippen molar-refractivity contribution in [1.82, 2.24) is 9.55 Å². The van der Waals surface area contributed by atoms with Crippen molar-refractivity contribution in [2.75, 3.05) is 0 Å². The van der Waals surface area contributed by atoms with Gasteiger partial charge in [0.25, 0.3) is 5.56 Å². The van der Waals surface area contributed by atoms with E-state index in [4.69, 9.17) is 0 Å². The summed E-state index contributed by atoms with van der Waals surface area (Å²) in [5.41, 5.74) is 3.32. The van der Waals surface area contributed by atoms with Crippen LogP contribution < -0.4 is 5.56 Å². The van der Waals surface area contributed by atoms with Crippen LogP contribution in [0.25, 0.3) is 27.7 Å². The molecule has 3 aliphatic rings. The lowest BCUT2D eigenvalue weighted by Crippen LogP contribution is -2.21. The van der Waals surface area contributed by atoms with Crippen LogP contribution in [0.5, 0.6) is 0 Å². The third-order valence-corrected chi connectivity index (χ3v) is 4.34. The number of benzene rings is 1. The van der Waals surface area contributed by atoms with E-state index in [1.54, 1.807) is 18.2 Å². The number of nitrogens with zero attached hydrogens (tertiary/aromatic N) is 2. The summed E-state index contributed by atoms with van der Waals surface area (Å²) in [4.78, 5) is 30.1. The van der Waals surface area contributed by atoms with Crippen molar-refractivity contribution in [1.29, 1.82) is 0 Å². The van der Waals surface area contributed by atoms with Gasteiger partial charge in [-0.15, -0.1) is 0 Å². The van der Waals surface area contributed by atoms with Gasteiger partial charge in [0.1, 0.15) is 0 Å². The van der Waals surface area contributed by atoms with Gasteiger partial charge in [0.15, 0.2) is 5.82 Å². The Bertz CT molecular complexity index is 1160. The number of carbonyl (C=O) groups excluding carboxylic acids is 1. The summed E-state index contributed by atoms with van der Waals surface area (Å²) in [7, 11) is 0. The number of aromatic nitrogens is 2. The van der Waals surface area contributed by atoms with Gasteiger partial charge in [-0.3, -0.25) is 14.2 Å². The molecule has 2 heterocycles. The van der Waals surface area contributed by atoms with Crippen molar-refractivity contribution in [3.8, 4) is 16.8 Å². The van der Waals surface area contributed by atoms with Gasteiger partial charge in [-0.1, -0.05) is 42.5 Å². The Hall–Kier alpha value is -3.27. The van der Waals surface area contributed by atoms with Gasteiger partial charge in [0, 0.05) is 0 Å². The highest BCUT2D eigenvalue weighted by molar-refractivity contribution is 6.14. The minimum atomic E-state index is -0.199. The average molecular weight is 298 g/mol. The molecule has 0 N–H and O–H groups in total. The zero-order valence-electron chi connectivity index (χ0n) is 12.0. The van der Waals surface area contributed by atoms with Crippen molar-refractivity contribution in [2.24, 2.45) is 0 Å². The van der Waals surface area contributed by atoms with E-state index in [9.17, 15) is 9.59 Å². The zero-order chi connectivity index (χ0) is 15.6. The molecule has 0 bridgehead atoms. The van der Waals surface area contributed by atoms with Crippen LogP contribution in [-0.2, 0) is 0 Å². The number of rotatable bonds is 0. The van der Waals surface area contributed by atoms with Gasteiger partial charge >= 0.3 is 0 Å². The lowest BCUT2D eigenvalue weighted by Gasteiger charge is -2.03. The van der Waals surface area contributed by atoms with Crippen LogP contribution in [0.15, 0.2) is 65.5 Å². The molecule has 108 valence electrons. The molecule has 0 radical (unpaired) electrons. The van der Waals surface area contributed by atoms with Crippen molar-refractivity contribution >= 4 is 16.7 Å². The van der Waals surface area contributed by atoms with Gasteiger partial charge in [-0.25, -0.2) is 4.98 Å². The van der Waals surface area contributed by atoms with Gasteiger partial charge in [0.05, 0.1) is 22.2 Å². The first kappa shape index (κ1) is 12.3. The molecule has 0 fully saturated rings. The molecule has 0 spiro atoms. The van der Waals surface area contributed by atoms with Crippen LogP contribution in [0.3, 0.4) is 0 Å². The highest BCUT2D eigenvalue weighted by Gasteiger charge is 2.31. The molecule has 0 saturated carbocycles. The summed E-state index contributed by atoms with van der Waals surface area (Å²) in [6.45, 7) is 0. The maximum Gasteiger partial charge on any atom is 0.266 e. The molecule has 0 atom stereocenters. The van der Waals surface area contributed by atoms with E-state index in [0.717, 1.165) is 11.1 Å². The molecule has 1 aromatic carbocycles. The molecular weight excluding hydrogens is 288 g/mol. The van der Waals surface area contributed by atoms with Crippen LogP contribution in [0.4, 0.5) is 0 Å². The van der Waals surface area contributed by atoms with E-state index in [0.29, 0.717) is 22.2 Å². The standard InChI is InChI=1S/C19H10N2O2/c22-17-13-8-4-5-9-15(13)21-18(17)20-14-10-11-6-2-1-3-7-12(11)16(14)19(21)23/h1-10H. The molecule has 4 heteroatoms. The first-order valence-electron chi connectivity index (χ1n) is 7.34. The lowest BCUT2D eigenvalue weighted by molar-refractivity contribution is 0.103. The number of fused-ring (bicyclic) bond motifs is 6. The number of hydrogen-bond acceptors (Lipinski definition) is 3. The highest BCUT2D eigenvalue weighted by atomic mass is 16.1. The maximum atomic E-state index is 13.1. The average Bonchev–Trinajstić information content (AvgIpc) is 2.95. The molecule has 2 aliphatic carbocycles. The first-order chi connectivity index (χ1) is 11.3. The fourth-order valence-electron chi connectivity index (χ4n) is 3.31. The lowest BCUT2D eigenvalue weighted by atomic mass is 10.1. The fourth-order valence-corrected chi connectivity index (χ4v) is 3.31. The molecule has 1 aliphatic heterocycles. The minimum Gasteiger partial charge on any atom is -0.285 e. The van der Waals surface area contributed by atoms with Crippen molar-refractivity contribution < 1.29 is 4.79 Å². The van der Waals surface area contributed by atoms with E-state index in [2.05, 4.69) is 4.98 Å². The predicted molar refractivity (Wildman–Crippen MR) is 87.4 cm³/mol. The van der Waals surface area contributed by atoms with Crippen molar-refractivity contribution in [2.45, 2.75) is 0 Å². The van der Waals surface area contributed by atoms with E-state index in [1.807, 2.05) is 42.5 Å². The van der Waals surface area contributed by atoms with E-state index in [-0.39, 0.29) is 17.2 Å². The summed E-state index contributed by atoms with van der Waals surface area (Å²) in [6.07, 6.45) is 0. The molecule has 23 heavy (non-hydrogen) atoms.